The Hall–Kier alpha value is -1.86. The zero-order chi connectivity index (χ0) is 20.1. The van der Waals surface area contributed by atoms with E-state index in [0.717, 1.165) is 0 Å². The first kappa shape index (κ1) is 21.4. The lowest BCUT2D eigenvalue weighted by atomic mass is 10.2. The molecule has 1 heterocycles. The highest BCUT2D eigenvalue weighted by atomic mass is 32.2. The molecule has 0 saturated heterocycles. The lowest BCUT2D eigenvalue weighted by Gasteiger charge is -2.30. The molecule has 2 aromatic rings. The minimum absolute atomic E-state index is 0.0401. The molecule has 7 heteroatoms. The number of thioether (sulfide) groups is 1. The van der Waals surface area contributed by atoms with Crippen molar-refractivity contribution in [1.29, 1.82) is 0 Å². The van der Waals surface area contributed by atoms with Crippen LogP contribution in [0.25, 0.3) is 10.9 Å². The summed E-state index contributed by atoms with van der Waals surface area (Å²) in [5, 5.41) is 1.12. The Kier molecular flexibility index (Phi) is 7.44. The van der Waals surface area contributed by atoms with Crippen LogP contribution in [0.15, 0.2) is 34.2 Å². The molecule has 6 nitrogen and oxygen atoms in total. The van der Waals surface area contributed by atoms with Gasteiger partial charge < -0.3 is 9.64 Å². The fraction of sp³-hybridized carbons (Fsp3) is 0.550. The summed E-state index contributed by atoms with van der Waals surface area (Å²) in [5.41, 5.74) is 0.535. The van der Waals surface area contributed by atoms with E-state index in [4.69, 9.17) is 4.74 Å². The Labute approximate surface area is 164 Å². The topological polar surface area (TPSA) is 64.4 Å². The predicted octanol–water partition coefficient (Wildman–Crippen LogP) is 3.34. The van der Waals surface area contributed by atoms with Gasteiger partial charge in [0.2, 0.25) is 5.91 Å². The second-order valence-corrected chi connectivity index (χ2v) is 8.11. The van der Waals surface area contributed by atoms with Crippen LogP contribution >= 0.6 is 11.8 Å². The van der Waals surface area contributed by atoms with Crippen molar-refractivity contribution in [2.24, 2.45) is 0 Å². The molecule has 0 aliphatic carbocycles. The quantitative estimate of drug-likeness (QED) is 0.510. The van der Waals surface area contributed by atoms with Crippen LogP contribution < -0.4 is 5.56 Å². The summed E-state index contributed by atoms with van der Waals surface area (Å²) in [5.74, 6) is 0.277. The molecule has 1 aromatic carbocycles. The number of amides is 1. The maximum Gasteiger partial charge on any atom is 0.262 e. The van der Waals surface area contributed by atoms with Gasteiger partial charge in [0.15, 0.2) is 5.16 Å². The molecule has 0 radical (unpaired) electrons. The number of carbonyl (C=O) groups is 1. The lowest BCUT2D eigenvalue weighted by molar-refractivity contribution is -0.131. The highest BCUT2D eigenvalue weighted by Crippen LogP contribution is 2.22. The predicted molar refractivity (Wildman–Crippen MR) is 110 cm³/mol. The lowest BCUT2D eigenvalue weighted by Crippen LogP contribution is -2.43. The standard InChI is InChI=1S/C20H29N3O3S/c1-13(2)22(14(3)4)18(24)12-27-20-21-17-10-8-7-9-16(17)19(25)23(20)15(5)11-26-6/h7-10,13-15H,11-12H2,1-6H3/t15-/m1/s1. The van der Waals surface area contributed by atoms with Crippen LogP contribution in [0.5, 0.6) is 0 Å². The normalized spacial score (nSPS) is 12.7. The third-order valence-corrected chi connectivity index (χ3v) is 5.29. The SMILES string of the molecule is COC[C@@H](C)n1c(SCC(=O)N(C(C)C)C(C)C)nc2ccccc2c1=O. The van der Waals surface area contributed by atoms with Crippen molar-refractivity contribution in [1.82, 2.24) is 14.5 Å². The molecular formula is C20H29N3O3S. The maximum absolute atomic E-state index is 13.0. The molecule has 1 amide bonds. The van der Waals surface area contributed by atoms with E-state index in [-0.39, 0.29) is 35.3 Å². The molecule has 0 unspecified atom stereocenters. The van der Waals surface area contributed by atoms with Gasteiger partial charge in [-0.15, -0.1) is 0 Å². The summed E-state index contributed by atoms with van der Waals surface area (Å²) < 4.78 is 6.87. The van der Waals surface area contributed by atoms with Crippen LogP contribution in [0.3, 0.4) is 0 Å². The average molecular weight is 392 g/mol. The minimum atomic E-state index is -0.177. The van der Waals surface area contributed by atoms with Gasteiger partial charge in [0, 0.05) is 19.2 Å². The molecule has 0 aliphatic rings. The molecular weight excluding hydrogens is 362 g/mol. The van der Waals surface area contributed by atoms with Crippen molar-refractivity contribution in [3.8, 4) is 0 Å². The van der Waals surface area contributed by atoms with Gasteiger partial charge in [0.1, 0.15) is 0 Å². The van der Waals surface area contributed by atoms with Gasteiger partial charge in [0.05, 0.1) is 29.3 Å². The van der Waals surface area contributed by atoms with Crippen LogP contribution in [0.2, 0.25) is 0 Å². The summed E-state index contributed by atoms with van der Waals surface area (Å²) in [7, 11) is 1.61. The molecule has 1 atom stereocenters. The number of para-hydroxylation sites is 1. The summed E-state index contributed by atoms with van der Waals surface area (Å²) in [6.45, 7) is 10.3. The zero-order valence-electron chi connectivity index (χ0n) is 16.9. The highest BCUT2D eigenvalue weighted by molar-refractivity contribution is 7.99. The van der Waals surface area contributed by atoms with E-state index < -0.39 is 0 Å². The van der Waals surface area contributed by atoms with Crippen LogP contribution in [0.4, 0.5) is 0 Å². The summed E-state index contributed by atoms with van der Waals surface area (Å²) in [4.78, 5) is 32.3. The Balaban J connectivity index is 2.40. The van der Waals surface area contributed by atoms with E-state index >= 15 is 0 Å². The molecule has 0 bridgehead atoms. The van der Waals surface area contributed by atoms with E-state index in [1.54, 1.807) is 17.7 Å². The van der Waals surface area contributed by atoms with Gasteiger partial charge in [-0.25, -0.2) is 4.98 Å². The van der Waals surface area contributed by atoms with Gasteiger partial charge in [-0.05, 0) is 46.8 Å². The van der Waals surface area contributed by atoms with E-state index in [2.05, 4.69) is 4.98 Å². The third kappa shape index (κ3) is 4.90. The van der Waals surface area contributed by atoms with Gasteiger partial charge >= 0.3 is 0 Å². The van der Waals surface area contributed by atoms with Crippen molar-refractivity contribution in [3.05, 3.63) is 34.6 Å². The van der Waals surface area contributed by atoms with E-state index in [0.29, 0.717) is 22.7 Å². The number of rotatable bonds is 8. The Morgan fingerprint density at radius 2 is 1.81 bits per heavy atom. The zero-order valence-corrected chi connectivity index (χ0v) is 17.7. The van der Waals surface area contributed by atoms with Gasteiger partial charge in [-0.3, -0.25) is 14.2 Å². The molecule has 1 aromatic heterocycles. The molecule has 148 valence electrons. The molecule has 0 saturated carbocycles. The number of ether oxygens (including phenoxy) is 1. The minimum Gasteiger partial charge on any atom is -0.383 e. The molecule has 2 rings (SSSR count). The smallest absolute Gasteiger partial charge is 0.262 e. The fourth-order valence-electron chi connectivity index (χ4n) is 3.30. The van der Waals surface area contributed by atoms with Crippen molar-refractivity contribution >= 4 is 28.6 Å². The highest BCUT2D eigenvalue weighted by Gasteiger charge is 2.22. The van der Waals surface area contributed by atoms with E-state index in [9.17, 15) is 9.59 Å². The number of nitrogens with zero attached hydrogens (tertiary/aromatic N) is 3. The molecule has 0 fully saturated rings. The van der Waals surface area contributed by atoms with E-state index in [1.165, 1.54) is 11.8 Å². The number of hydrogen-bond donors (Lipinski definition) is 0. The second-order valence-electron chi connectivity index (χ2n) is 7.17. The molecule has 0 aliphatic heterocycles. The summed E-state index contributed by atoms with van der Waals surface area (Å²) in [6, 6.07) is 7.35. The van der Waals surface area contributed by atoms with Crippen LogP contribution in [-0.2, 0) is 9.53 Å². The average Bonchev–Trinajstić information content (AvgIpc) is 2.59. The summed E-state index contributed by atoms with van der Waals surface area (Å²) >= 11 is 1.31. The number of hydrogen-bond acceptors (Lipinski definition) is 5. The first-order chi connectivity index (χ1) is 12.8. The third-order valence-electron chi connectivity index (χ3n) is 4.35. The number of carbonyl (C=O) groups excluding carboxylic acids is 1. The van der Waals surface area contributed by atoms with Crippen LogP contribution in [0, 0.1) is 0 Å². The van der Waals surface area contributed by atoms with Gasteiger partial charge in [0.25, 0.3) is 5.56 Å². The van der Waals surface area contributed by atoms with Crippen molar-refractivity contribution < 1.29 is 9.53 Å². The molecule has 0 spiro atoms. The fourth-order valence-corrected chi connectivity index (χ4v) is 4.27. The van der Waals surface area contributed by atoms with Crippen LogP contribution in [-0.4, -0.2) is 51.9 Å². The molecule has 0 N–H and O–H groups in total. The van der Waals surface area contributed by atoms with Crippen molar-refractivity contribution in [2.75, 3.05) is 19.5 Å². The van der Waals surface area contributed by atoms with Crippen LogP contribution in [0.1, 0.15) is 40.7 Å². The largest absolute Gasteiger partial charge is 0.383 e. The first-order valence-electron chi connectivity index (χ1n) is 9.22. The van der Waals surface area contributed by atoms with Crippen molar-refractivity contribution in [2.45, 2.75) is 57.9 Å². The van der Waals surface area contributed by atoms with Gasteiger partial charge in [-0.2, -0.15) is 0 Å². The Bertz CT molecular complexity index is 840. The number of fused-ring (bicyclic) bond motifs is 1. The maximum atomic E-state index is 13.0. The van der Waals surface area contributed by atoms with E-state index in [1.807, 2.05) is 57.7 Å². The van der Waals surface area contributed by atoms with Gasteiger partial charge in [-0.1, -0.05) is 23.9 Å². The van der Waals surface area contributed by atoms with Crippen molar-refractivity contribution in [3.63, 3.8) is 0 Å². The Morgan fingerprint density at radius 1 is 1.19 bits per heavy atom. The Morgan fingerprint density at radius 3 is 2.41 bits per heavy atom. The monoisotopic (exact) mass is 391 g/mol. The molecule has 27 heavy (non-hydrogen) atoms. The number of methoxy groups -OCH3 is 1. The number of aromatic nitrogens is 2. The number of benzene rings is 1. The second kappa shape index (κ2) is 9.37. The first-order valence-corrected chi connectivity index (χ1v) is 10.2. The summed E-state index contributed by atoms with van der Waals surface area (Å²) in [6.07, 6.45) is 0.